The van der Waals surface area contributed by atoms with Crippen LogP contribution >= 0.6 is 34.2 Å². The molecule has 0 aliphatic carbocycles. The SMILES string of the molecule is N#Cc1cc(C(=O)CCl)cc(I)c1C(F)(F)F. The van der Waals surface area contributed by atoms with E-state index in [9.17, 15) is 18.0 Å². The van der Waals surface area contributed by atoms with Gasteiger partial charge in [-0.2, -0.15) is 18.4 Å². The molecule has 0 unspecified atom stereocenters. The lowest BCUT2D eigenvalue weighted by molar-refractivity contribution is -0.138. The van der Waals surface area contributed by atoms with Crippen molar-refractivity contribution in [3.8, 4) is 6.07 Å². The number of alkyl halides is 4. The predicted molar refractivity (Wildman–Crippen MR) is 63.9 cm³/mol. The predicted octanol–water partition coefficient (Wildman–Crippen LogP) is 3.60. The summed E-state index contributed by atoms with van der Waals surface area (Å²) >= 11 is 6.75. The maximum absolute atomic E-state index is 12.6. The van der Waals surface area contributed by atoms with Gasteiger partial charge in [0.25, 0.3) is 0 Å². The topological polar surface area (TPSA) is 40.9 Å². The number of rotatable bonds is 2. The summed E-state index contributed by atoms with van der Waals surface area (Å²) in [6.07, 6.45) is -4.62. The van der Waals surface area contributed by atoms with E-state index in [-0.39, 0.29) is 15.0 Å². The van der Waals surface area contributed by atoms with Crippen LogP contribution in [0.3, 0.4) is 0 Å². The normalized spacial score (nSPS) is 11.1. The highest BCUT2D eigenvalue weighted by Crippen LogP contribution is 2.36. The smallest absolute Gasteiger partial charge is 0.293 e. The van der Waals surface area contributed by atoms with Gasteiger partial charge in [0.05, 0.1) is 23.1 Å². The maximum Gasteiger partial charge on any atom is 0.418 e. The molecule has 0 saturated heterocycles. The molecule has 0 aliphatic heterocycles. The highest BCUT2D eigenvalue weighted by atomic mass is 127. The molecule has 17 heavy (non-hydrogen) atoms. The molecule has 0 aliphatic rings. The third kappa shape index (κ3) is 3.10. The maximum atomic E-state index is 12.6. The number of nitrogens with zero attached hydrogens (tertiary/aromatic N) is 1. The van der Waals surface area contributed by atoms with Gasteiger partial charge < -0.3 is 0 Å². The molecule has 0 saturated carbocycles. The van der Waals surface area contributed by atoms with Gasteiger partial charge in [0.15, 0.2) is 5.78 Å². The third-order valence-corrected chi connectivity index (χ3v) is 3.03. The van der Waals surface area contributed by atoms with Gasteiger partial charge in [-0.1, -0.05) is 0 Å². The van der Waals surface area contributed by atoms with E-state index in [0.29, 0.717) is 0 Å². The van der Waals surface area contributed by atoms with Gasteiger partial charge >= 0.3 is 6.18 Å². The number of Topliss-reactive ketones (excluding diaryl/α,β-unsaturated/α-hetero) is 1. The third-order valence-electron chi connectivity index (χ3n) is 1.94. The standard InChI is InChI=1S/C10H4ClF3INO/c11-3-8(17)5-1-6(4-16)9(7(15)2-5)10(12,13)14/h1-2H,3H2. The molecule has 1 rings (SSSR count). The molecule has 90 valence electrons. The number of hydrogen-bond donors (Lipinski definition) is 0. The van der Waals surface area contributed by atoms with Crippen molar-refractivity contribution < 1.29 is 18.0 Å². The van der Waals surface area contributed by atoms with E-state index in [4.69, 9.17) is 16.9 Å². The van der Waals surface area contributed by atoms with Crippen LogP contribution in [0, 0.1) is 14.9 Å². The van der Waals surface area contributed by atoms with Crippen LogP contribution in [0.1, 0.15) is 21.5 Å². The Kier molecular flexibility index (Phi) is 4.38. The minimum absolute atomic E-state index is 0.00829. The van der Waals surface area contributed by atoms with Crippen LogP contribution in [0.4, 0.5) is 13.2 Å². The summed E-state index contributed by atoms with van der Waals surface area (Å²) in [4.78, 5) is 11.3. The first-order chi connectivity index (χ1) is 7.81. The van der Waals surface area contributed by atoms with E-state index >= 15 is 0 Å². The molecule has 0 aromatic heterocycles. The Morgan fingerprint density at radius 1 is 1.47 bits per heavy atom. The minimum Gasteiger partial charge on any atom is -0.293 e. The highest BCUT2D eigenvalue weighted by Gasteiger charge is 2.36. The van der Waals surface area contributed by atoms with Gasteiger partial charge in [-0.25, -0.2) is 0 Å². The zero-order valence-corrected chi connectivity index (χ0v) is 11.0. The Bertz CT molecular complexity index is 507. The summed E-state index contributed by atoms with van der Waals surface area (Å²) in [7, 11) is 0. The van der Waals surface area contributed by atoms with E-state index in [1.54, 1.807) is 0 Å². The second-order valence-corrected chi connectivity index (χ2v) is 4.48. The Balaban J connectivity index is 3.48. The molecule has 0 heterocycles. The summed E-state index contributed by atoms with van der Waals surface area (Å²) in [6, 6.07) is 3.43. The fourth-order valence-electron chi connectivity index (χ4n) is 1.22. The molecule has 2 nitrogen and oxygen atoms in total. The van der Waals surface area contributed by atoms with Gasteiger partial charge in [0, 0.05) is 9.13 Å². The zero-order chi connectivity index (χ0) is 13.2. The Morgan fingerprint density at radius 3 is 2.47 bits per heavy atom. The van der Waals surface area contributed by atoms with Crippen LogP contribution in [0.25, 0.3) is 0 Å². The van der Waals surface area contributed by atoms with Crippen molar-refractivity contribution in [2.24, 2.45) is 0 Å². The fraction of sp³-hybridized carbons (Fsp3) is 0.200. The Morgan fingerprint density at radius 2 is 2.06 bits per heavy atom. The molecule has 1 aromatic rings. The van der Waals surface area contributed by atoms with Crippen molar-refractivity contribution >= 4 is 40.0 Å². The number of ketones is 1. The van der Waals surface area contributed by atoms with E-state index in [2.05, 4.69) is 0 Å². The average Bonchev–Trinajstić information content (AvgIpc) is 2.24. The van der Waals surface area contributed by atoms with Crippen LogP contribution in [0.5, 0.6) is 0 Å². The van der Waals surface area contributed by atoms with Crippen LogP contribution in [0.15, 0.2) is 12.1 Å². The lowest BCUT2D eigenvalue weighted by atomic mass is 10.0. The summed E-state index contributed by atoms with van der Waals surface area (Å²) in [5.41, 5.74) is -1.58. The van der Waals surface area contributed by atoms with Gasteiger partial charge in [0.1, 0.15) is 0 Å². The molecule has 0 radical (unpaired) electrons. The summed E-state index contributed by atoms with van der Waals surface area (Å²) in [5.74, 6) is -0.860. The lowest BCUT2D eigenvalue weighted by Gasteiger charge is -2.12. The molecule has 0 amide bonds. The quantitative estimate of drug-likeness (QED) is 0.451. The molecule has 0 spiro atoms. The number of carbonyl (C=O) groups excluding carboxylic acids is 1. The molecule has 0 fully saturated rings. The zero-order valence-electron chi connectivity index (χ0n) is 8.11. The van der Waals surface area contributed by atoms with E-state index in [1.807, 2.05) is 0 Å². The van der Waals surface area contributed by atoms with E-state index in [0.717, 1.165) is 12.1 Å². The van der Waals surface area contributed by atoms with Crippen molar-refractivity contribution in [1.29, 1.82) is 5.26 Å². The van der Waals surface area contributed by atoms with Crippen LogP contribution < -0.4 is 0 Å². The first-order valence-corrected chi connectivity index (χ1v) is 5.82. The second-order valence-electron chi connectivity index (χ2n) is 3.05. The molecule has 0 bridgehead atoms. The van der Waals surface area contributed by atoms with Gasteiger partial charge in [-0.05, 0) is 34.7 Å². The van der Waals surface area contributed by atoms with Crippen molar-refractivity contribution in [3.05, 3.63) is 32.4 Å². The molecule has 0 atom stereocenters. The van der Waals surface area contributed by atoms with Crippen molar-refractivity contribution in [2.45, 2.75) is 6.18 Å². The first-order valence-electron chi connectivity index (χ1n) is 4.21. The fourth-order valence-corrected chi connectivity index (χ4v) is 2.31. The summed E-state index contributed by atoms with van der Waals surface area (Å²) in [6.45, 7) is 0. The second kappa shape index (κ2) is 5.23. The number of hydrogen-bond acceptors (Lipinski definition) is 2. The summed E-state index contributed by atoms with van der Waals surface area (Å²) < 4.78 is 37.7. The molecule has 1 aromatic carbocycles. The lowest BCUT2D eigenvalue weighted by Crippen LogP contribution is -2.12. The molecule has 7 heteroatoms. The van der Waals surface area contributed by atoms with Gasteiger partial charge in [-0.3, -0.25) is 4.79 Å². The number of carbonyl (C=O) groups is 1. The van der Waals surface area contributed by atoms with Gasteiger partial charge in [0.2, 0.25) is 0 Å². The highest BCUT2D eigenvalue weighted by molar-refractivity contribution is 14.1. The number of halogens is 5. The Hall–Kier alpha value is -0.810. The Labute approximate surface area is 114 Å². The van der Waals surface area contributed by atoms with Crippen molar-refractivity contribution in [2.75, 3.05) is 5.88 Å². The van der Waals surface area contributed by atoms with Gasteiger partial charge in [-0.15, -0.1) is 11.6 Å². The van der Waals surface area contributed by atoms with Crippen molar-refractivity contribution in [1.82, 2.24) is 0 Å². The van der Waals surface area contributed by atoms with E-state index < -0.39 is 23.1 Å². The van der Waals surface area contributed by atoms with Crippen molar-refractivity contribution in [3.63, 3.8) is 0 Å². The largest absolute Gasteiger partial charge is 0.418 e. The molecular weight excluding hydrogens is 369 g/mol. The number of nitriles is 1. The van der Waals surface area contributed by atoms with Crippen LogP contribution in [-0.2, 0) is 6.18 Å². The van der Waals surface area contributed by atoms with Crippen LogP contribution in [0.2, 0.25) is 0 Å². The van der Waals surface area contributed by atoms with Crippen LogP contribution in [-0.4, -0.2) is 11.7 Å². The van der Waals surface area contributed by atoms with E-state index in [1.165, 1.54) is 28.7 Å². The molecular formula is C10H4ClF3INO. The average molecular weight is 373 g/mol. The minimum atomic E-state index is -4.62. The summed E-state index contributed by atoms with van der Waals surface area (Å²) in [5, 5.41) is 8.69. The number of benzene rings is 1. The first kappa shape index (κ1) is 14.3. The monoisotopic (exact) mass is 373 g/mol. The molecule has 0 N–H and O–H groups in total.